The molecule has 1 N–H and O–H groups in total. The monoisotopic (exact) mass is 368 g/mol. The van der Waals surface area contributed by atoms with Crippen LogP contribution in [0, 0.1) is 17.8 Å². The number of carbonyl (C=O) groups excluding carboxylic acids is 1. The second-order valence-electron chi connectivity index (χ2n) is 9.07. The van der Waals surface area contributed by atoms with Gasteiger partial charge in [0.15, 0.2) is 0 Å². The fourth-order valence-electron chi connectivity index (χ4n) is 4.14. The number of amides is 1. The van der Waals surface area contributed by atoms with Gasteiger partial charge in [-0.05, 0) is 71.5 Å². The van der Waals surface area contributed by atoms with E-state index in [4.69, 9.17) is 9.47 Å². The van der Waals surface area contributed by atoms with Crippen LogP contribution >= 0.6 is 0 Å². The van der Waals surface area contributed by atoms with Gasteiger partial charge in [-0.15, -0.1) is 0 Å². The molecule has 0 aromatic heterocycles. The lowest BCUT2D eigenvalue weighted by atomic mass is 9.71. The third-order valence-electron chi connectivity index (χ3n) is 5.97. The standard InChI is InChI=1S/C21H40N2O3/c1-16(2)8-12-25-17(3)19-13-18(7-9-21(19)15-26-21)14-20(24)22-10-6-11-23(4)5/h16-19H,6-15H2,1-5H3,(H,22,24). The number of nitrogens with one attached hydrogen (secondary N) is 1. The van der Waals surface area contributed by atoms with Crippen LogP contribution in [0.4, 0.5) is 0 Å². The molecular weight excluding hydrogens is 328 g/mol. The first kappa shape index (κ1) is 21.6. The van der Waals surface area contributed by atoms with Crippen LogP contribution in [0.1, 0.15) is 59.3 Å². The van der Waals surface area contributed by atoms with Gasteiger partial charge in [-0.2, -0.15) is 0 Å². The Morgan fingerprint density at radius 2 is 2.08 bits per heavy atom. The summed E-state index contributed by atoms with van der Waals surface area (Å²) < 4.78 is 12.0. The number of nitrogens with zero attached hydrogens (tertiary/aromatic N) is 1. The van der Waals surface area contributed by atoms with E-state index in [1.807, 2.05) is 0 Å². The van der Waals surface area contributed by atoms with Crippen molar-refractivity contribution in [3.8, 4) is 0 Å². The number of ether oxygens (including phenoxy) is 2. The number of hydrogen-bond donors (Lipinski definition) is 1. The van der Waals surface area contributed by atoms with E-state index in [2.05, 4.69) is 45.1 Å². The molecular formula is C21H40N2O3. The average molecular weight is 369 g/mol. The highest BCUT2D eigenvalue weighted by atomic mass is 16.6. The van der Waals surface area contributed by atoms with Crippen LogP contribution in [0.25, 0.3) is 0 Å². The smallest absolute Gasteiger partial charge is 0.220 e. The number of hydrogen-bond acceptors (Lipinski definition) is 4. The van der Waals surface area contributed by atoms with Crippen LogP contribution < -0.4 is 5.32 Å². The van der Waals surface area contributed by atoms with E-state index in [0.717, 1.165) is 58.4 Å². The van der Waals surface area contributed by atoms with Gasteiger partial charge in [-0.25, -0.2) is 0 Å². The van der Waals surface area contributed by atoms with E-state index >= 15 is 0 Å². The molecule has 152 valence electrons. The van der Waals surface area contributed by atoms with Crippen LogP contribution in [-0.2, 0) is 14.3 Å². The summed E-state index contributed by atoms with van der Waals surface area (Å²) in [7, 11) is 4.12. The van der Waals surface area contributed by atoms with Gasteiger partial charge in [0, 0.05) is 25.5 Å². The number of rotatable bonds is 11. The minimum absolute atomic E-state index is 0.0515. The summed E-state index contributed by atoms with van der Waals surface area (Å²) in [4.78, 5) is 14.4. The minimum Gasteiger partial charge on any atom is -0.378 e. The van der Waals surface area contributed by atoms with Gasteiger partial charge in [-0.1, -0.05) is 13.8 Å². The molecule has 1 aliphatic carbocycles. The Kier molecular flexibility index (Phi) is 8.37. The van der Waals surface area contributed by atoms with Crippen LogP contribution in [0.2, 0.25) is 0 Å². The van der Waals surface area contributed by atoms with Crippen LogP contribution in [0.5, 0.6) is 0 Å². The second kappa shape index (κ2) is 10.0. The first-order valence-corrected chi connectivity index (χ1v) is 10.5. The van der Waals surface area contributed by atoms with Crippen molar-refractivity contribution in [3.05, 3.63) is 0 Å². The van der Waals surface area contributed by atoms with Gasteiger partial charge in [0.1, 0.15) is 0 Å². The van der Waals surface area contributed by atoms with Gasteiger partial charge in [-0.3, -0.25) is 4.79 Å². The Morgan fingerprint density at radius 3 is 2.69 bits per heavy atom. The van der Waals surface area contributed by atoms with Crippen LogP contribution in [0.15, 0.2) is 0 Å². The lowest BCUT2D eigenvalue weighted by Gasteiger charge is -2.37. The molecule has 26 heavy (non-hydrogen) atoms. The average Bonchev–Trinajstić information content (AvgIpc) is 3.33. The molecule has 0 radical (unpaired) electrons. The van der Waals surface area contributed by atoms with Crippen molar-refractivity contribution in [2.75, 3.05) is 40.4 Å². The van der Waals surface area contributed by atoms with E-state index in [-0.39, 0.29) is 17.6 Å². The lowest BCUT2D eigenvalue weighted by Crippen LogP contribution is -2.41. The topological polar surface area (TPSA) is 54.1 Å². The number of epoxide rings is 1. The summed E-state index contributed by atoms with van der Waals surface area (Å²) in [6, 6.07) is 0. The van der Waals surface area contributed by atoms with Gasteiger partial charge in [0.25, 0.3) is 0 Å². The van der Waals surface area contributed by atoms with Crippen LogP contribution in [-0.4, -0.2) is 62.9 Å². The zero-order valence-electron chi connectivity index (χ0n) is 17.6. The van der Waals surface area contributed by atoms with Crippen molar-refractivity contribution >= 4 is 5.91 Å². The molecule has 1 saturated heterocycles. The highest BCUT2D eigenvalue weighted by Gasteiger charge is 2.56. The molecule has 0 aromatic carbocycles. The maximum atomic E-state index is 12.3. The highest BCUT2D eigenvalue weighted by Crippen LogP contribution is 2.50. The fraction of sp³-hybridized carbons (Fsp3) is 0.952. The van der Waals surface area contributed by atoms with Crippen molar-refractivity contribution in [2.24, 2.45) is 17.8 Å². The van der Waals surface area contributed by atoms with E-state index in [1.54, 1.807) is 0 Å². The number of carbonyl (C=O) groups is 1. The summed E-state index contributed by atoms with van der Waals surface area (Å²) in [5.41, 5.74) is 0.0515. The molecule has 2 aliphatic rings. The first-order chi connectivity index (χ1) is 12.3. The first-order valence-electron chi connectivity index (χ1n) is 10.5. The van der Waals surface area contributed by atoms with Crippen molar-refractivity contribution in [3.63, 3.8) is 0 Å². The molecule has 2 fully saturated rings. The maximum absolute atomic E-state index is 12.3. The summed E-state index contributed by atoms with van der Waals surface area (Å²) in [5, 5.41) is 3.08. The SMILES string of the molecule is CC(C)CCOC(C)C1CC(CC(=O)NCCCN(C)C)CCC12CO2. The molecule has 1 spiro atoms. The van der Waals surface area contributed by atoms with E-state index < -0.39 is 0 Å². The summed E-state index contributed by atoms with van der Waals surface area (Å²) >= 11 is 0. The van der Waals surface area contributed by atoms with E-state index in [9.17, 15) is 4.79 Å². The van der Waals surface area contributed by atoms with Gasteiger partial charge < -0.3 is 19.7 Å². The van der Waals surface area contributed by atoms with E-state index in [0.29, 0.717) is 24.2 Å². The quantitative estimate of drug-likeness (QED) is 0.450. The molecule has 0 bridgehead atoms. The molecule has 4 atom stereocenters. The zero-order chi connectivity index (χ0) is 19.2. The van der Waals surface area contributed by atoms with Gasteiger partial charge in [0.05, 0.1) is 18.3 Å². The summed E-state index contributed by atoms with van der Waals surface area (Å²) in [6.45, 7) is 10.1. The maximum Gasteiger partial charge on any atom is 0.220 e. The van der Waals surface area contributed by atoms with Crippen molar-refractivity contribution in [2.45, 2.75) is 71.0 Å². The van der Waals surface area contributed by atoms with Crippen molar-refractivity contribution in [1.29, 1.82) is 0 Å². The summed E-state index contributed by atoms with van der Waals surface area (Å²) in [6.07, 6.45) is 6.19. The Labute approximate surface area is 160 Å². The molecule has 1 amide bonds. The second-order valence-corrected chi connectivity index (χ2v) is 9.07. The molecule has 5 heteroatoms. The molecule has 5 nitrogen and oxygen atoms in total. The highest BCUT2D eigenvalue weighted by molar-refractivity contribution is 5.76. The third kappa shape index (κ3) is 6.82. The minimum atomic E-state index is 0.0515. The fourth-order valence-corrected chi connectivity index (χ4v) is 4.14. The Balaban J connectivity index is 1.74. The predicted octanol–water partition coefficient (Wildman–Crippen LogP) is 3.08. The normalized spacial score (nSPS) is 29.3. The molecule has 0 aromatic rings. The summed E-state index contributed by atoms with van der Waals surface area (Å²) in [5.74, 6) is 1.76. The largest absolute Gasteiger partial charge is 0.378 e. The van der Waals surface area contributed by atoms with Crippen LogP contribution in [0.3, 0.4) is 0 Å². The van der Waals surface area contributed by atoms with Gasteiger partial charge >= 0.3 is 0 Å². The molecule has 1 heterocycles. The molecule has 2 rings (SSSR count). The van der Waals surface area contributed by atoms with Crippen molar-refractivity contribution in [1.82, 2.24) is 10.2 Å². The third-order valence-corrected chi connectivity index (χ3v) is 5.97. The van der Waals surface area contributed by atoms with Crippen molar-refractivity contribution < 1.29 is 14.3 Å². The van der Waals surface area contributed by atoms with Gasteiger partial charge in [0.2, 0.25) is 5.91 Å². The Hall–Kier alpha value is -0.650. The molecule has 1 aliphatic heterocycles. The lowest BCUT2D eigenvalue weighted by molar-refractivity contribution is -0.123. The Bertz CT molecular complexity index is 435. The Morgan fingerprint density at radius 1 is 1.35 bits per heavy atom. The zero-order valence-corrected chi connectivity index (χ0v) is 17.6. The molecule has 1 saturated carbocycles. The molecule has 4 unspecified atom stereocenters. The van der Waals surface area contributed by atoms with E-state index in [1.165, 1.54) is 0 Å². The predicted molar refractivity (Wildman–Crippen MR) is 105 cm³/mol.